The van der Waals surface area contributed by atoms with Gasteiger partial charge < -0.3 is 10.1 Å². The van der Waals surface area contributed by atoms with Gasteiger partial charge in [-0.1, -0.05) is 36.1 Å². The third-order valence-electron chi connectivity index (χ3n) is 3.87. The minimum atomic E-state index is -0.197. The summed E-state index contributed by atoms with van der Waals surface area (Å²) in [5, 5.41) is 2.75. The number of hydrogen-bond donors (Lipinski definition) is 1. The van der Waals surface area contributed by atoms with Crippen molar-refractivity contribution in [2.24, 2.45) is 0 Å². The number of nitrogens with one attached hydrogen (secondary N) is 1. The van der Waals surface area contributed by atoms with Crippen molar-refractivity contribution in [3.63, 3.8) is 0 Å². The molecule has 1 aliphatic rings. The van der Waals surface area contributed by atoms with Crippen LogP contribution in [0.5, 0.6) is 5.75 Å². The molecule has 0 aliphatic carbocycles. The highest BCUT2D eigenvalue weighted by molar-refractivity contribution is 8.26. The van der Waals surface area contributed by atoms with Gasteiger partial charge in [0.05, 0.1) is 23.4 Å². The number of ether oxygens (including phenoxy) is 1. The van der Waals surface area contributed by atoms with Gasteiger partial charge in [-0.2, -0.15) is 0 Å². The van der Waals surface area contributed by atoms with Gasteiger partial charge in [-0.15, -0.1) is 0 Å². The van der Waals surface area contributed by atoms with Gasteiger partial charge in [0, 0.05) is 19.2 Å². The van der Waals surface area contributed by atoms with Gasteiger partial charge >= 0.3 is 0 Å². The molecule has 1 aromatic heterocycles. The van der Waals surface area contributed by atoms with Gasteiger partial charge in [0.2, 0.25) is 5.91 Å². The van der Waals surface area contributed by atoms with Crippen molar-refractivity contribution in [3.8, 4) is 5.75 Å². The van der Waals surface area contributed by atoms with Crippen LogP contribution in [-0.4, -0.2) is 39.2 Å². The molecule has 1 aromatic carbocycles. The summed E-state index contributed by atoms with van der Waals surface area (Å²) in [6.45, 7) is 2.76. The molecule has 0 radical (unpaired) electrons. The lowest BCUT2D eigenvalue weighted by Gasteiger charge is -2.14. The average Bonchev–Trinajstić information content (AvgIpc) is 2.95. The van der Waals surface area contributed by atoms with E-state index < -0.39 is 0 Å². The van der Waals surface area contributed by atoms with E-state index in [-0.39, 0.29) is 24.8 Å². The van der Waals surface area contributed by atoms with E-state index in [1.165, 1.54) is 16.7 Å². The minimum Gasteiger partial charge on any atom is -0.494 e. The highest BCUT2D eigenvalue weighted by Gasteiger charge is 2.32. The maximum Gasteiger partial charge on any atom is 0.266 e. The van der Waals surface area contributed by atoms with E-state index in [0.717, 1.165) is 11.3 Å². The largest absolute Gasteiger partial charge is 0.494 e. The first kappa shape index (κ1) is 20.0. The van der Waals surface area contributed by atoms with Crippen molar-refractivity contribution in [2.45, 2.75) is 13.3 Å². The van der Waals surface area contributed by atoms with E-state index in [1.54, 1.807) is 30.6 Å². The predicted octanol–water partition coefficient (Wildman–Crippen LogP) is 3.71. The zero-order chi connectivity index (χ0) is 19.9. The van der Waals surface area contributed by atoms with E-state index in [4.69, 9.17) is 17.0 Å². The lowest BCUT2D eigenvalue weighted by Crippen LogP contribution is -2.31. The average molecular weight is 414 g/mol. The second-order valence-electron chi connectivity index (χ2n) is 5.88. The highest BCUT2D eigenvalue weighted by atomic mass is 32.2. The number of anilines is 1. The molecule has 0 bridgehead atoms. The predicted molar refractivity (Wildman–Crippen MR) is 115 cm³/mol. The van der Waals surface area contributed by atoms with E-state index in [1.807, 2.05) is 31.2 Å². The Morgan fingerprint density at radius 2 is 2.11 bits per heavy atom. The fraction of sp³-hybridized carbons (Fsp3) is 0.200. The number of pyridine rings is 1. The molecule has 1 aliphatic heterocycles. The number of thioether (sulfide) groups is 1. The molecular formula is C20H19N3O3S2. The van der Waals surface area contributed by atoms with Gasteiger partial charge in [0.25, 0.3) is 5.91 Å². The molecule has 3 rings (SSSR count). The van der Waals surface area contributed by atoms with Crippen LogP contribution >= 0.6 is 24.0 Å². The molecule has 8 heteroatoms. The first-order valence-electron chi connectivity index (χ1n) is 8.75. The van der Waals surface area contributed by atoms with Crippen LogP contribution in [0.2, 0.25) is 0 Å². The summed E-state index contributed by atoms with van der Waals surface area (Å²) in [6.07, 6.45) is 5.14. The van der Waals surface area contributed by atoms with E-state index >= 15 is 0 Å². The zero-order valence-electron chi connectivity index (χ0n) is 15.3. The van der Waals surface area contributed by atoms with Crippen LogP contribution in [0.4, 0.5) is 5.69 Å². The van der Waals surface area contributed by atoms with Crippen molar-refractivity contribution >= 4 is 51.9 Å². The van der Waals surface area contributed by atoms with Crippen molar-refractivity contribution < 1.29 is 14.3 Å². The summed E-state index contributed by atoms with van der Waals surface area (Å²) in [5.41, 5.74) is 1.51. The molecule has 6 nitrogen and oxygen atoms in total. The molecule has 144 valence electrons. The molecule has 2 heterocycles. The van der Waals surface area contributed by atoms with Gasteiger partial charge in [-0.3, -0.25) is 19.5 Å². The maximum absolute atomic E-state index is 12.6. The number of thiocarbonyl (C=S) groups is 1. The summed E-state index contributed by atoms with van der Waals surface area (Å²) in [5.74, 6) is 0.405. The maximum atomic E-state index is 12.6. The number of hydrogen-bond acceptors (Lipinski definition) is 6. The van der Waals surface area contributed by atoms with Gasteiger partial charge in [0.1, 0.15) is 10.1 Å². The number of amides is 2. The van der Waals surface area contributed by atoms with E-state index in [0.29, 0.717) is 21.5 Å². The Bertz CT molecular complexity index is 899. The van der Waals surface area contributed by atoms with Crippen LogP contribution in [0.1, 0.15) is 18.9 Å². The lowest BCUT2D eigenvalue weighted by molar-refractivity contribution is -0.122. The molecule has 0 atom stereocenters. The van der Waals surface area contributed by atoms with Crippen molar-refractivity contribution in [3.05, 3.63) is 59.3 Å². The Labute approximate surface area is 173 Å². The Morgan fingerprint density at radius 1 is 1.32 bits per heavy atom. The van der Waals surface area contributed by atoms with Crippen LogP contribution in [-0.2, 0) is 9.59 Å². The molecule has 2 aromatic rings. The topological polar surface area (TPSA) is 71.5 Å². The smallest absolute Gasteiger partial charge is 0.266 e. The van der Waals surface area contributed by atoms with Crippen LogP contribution in [0.25, 0.3) is 6.08 Å². The summed E-state index contributed by atoms with van der Waals surface area (Å²) in [7, 11) is 0. The van der Waals surface area contributed by atoms with Crippen LogP contribution in [0.3, 0.4) is 0 Å². The third-order valence-corrected chi connectivity index (χ3v) is 5.25. The van der Waals surface area contributed by atoms with E-state index in [9.17, 15) is 9.59 Å². The molecule has 1 saturated heterocycles. The number of rotatable bonds is 7. The summed E-state index contributed by atoms with van der Waals surface area (Å²) in [4.78, 5) is 30.7. The fourth-order valence-electron chi connectivity index (χ4n) is 2.54. The Morgan fingerprint density at radius 3 is 2.79 bits per heavy atom. The van der Waals surface area contributed by atoms with Gasteiger partial charge in [-0.25, -0.2) is 0 Å². The Balaban J connectivity index is 1.59. The minimum absolute atomic E-state index is 0.150. The first-order valence-corrected chi connectivity index (χ1v) is 9.97. The molecule has 0 saturated carbocycles. The monoisotopic (exact) mass is 413 g/mol. The number of carbonyl (C=O) groups excluding carboxylic acids is 2. The second-order valence-corrected chi connectivity index (χ2v) is 7.55. The highest BCUT2D eigenvalue weighted by Crippen LogP contribution is 2.32. The lowest BCUT2D eigenvalue weighted by atomic mass is 10.2. The Kier molecular flexibility index (Phi) is 6.78. The zero-order valence-corrected chi connectivity index (χ0v) is 16.9. The molecule has 1 fully saturated rings. The van der Waals surface area contributed by atoms with Crippen molar-refractivity contribution in [1.29, 1.82) is 0 Å². The third kappa shape index (κ3) is 5.17. The van der Waals surface area contributed by atoms with Gasteiger partial charge in [0.15, 0.2) is 0 Å². The van der Waals surface area contributed by atoms with E-state index in [2.05, 4.69) is 10.3 Å². The van der Waals surface area contributed by atoms with Crippen LogP contribution < -0.4 is 10.1 Å². The molecule has 0 spiro atoms. The number of carbonyl (C=O) groups is 2. The summed E-state index contributed by atoms with van der Waals surface area (Å²) >= 11 is 6.56. The quantitative estimate of drug-likeness (QED) is 0.551. The van der Waals surface area contributed by atoms with Crippen LogP contribution in [0, 0.1) is 0 Å². The van der Waals surface area contributed by atoms with Crippen molar-refractivity contribution in [1.82, 2.24) is 9.88 Å². The molecular weight excluding hydrogens is 394 g/mol. The standard InChI is InChI=1S/C20H19N3O3S2/c1-2-26-16-7-5-14(6-8-16)12-17-19(25)23(20(27)28-17)11-9-18(24)22-15-4-3-10-21-13-15/h3-8,10,12-13H,2,9,11H2,1H3,(H,22,24)/b17-12-. The summed E-state index contributed by atoms with van der Waals surface area (Å²) in [6, 6.07) is 11.0. The second kappa shape index (κ2) is 9.48. The van der Waals surface area contributed by atoms with Gasteiger partial charge in [-0.05, 0) is 42.8 Å². The molecule has 0 unspecified atom stereocenters. The Hall–Kier alpha value is -2.71. The summed E-state index contributed by atoms with van der Waals surface area (Å²) < 4.78 is 5.87. The normalized spacial score (nSPS) is 15.2. The number of benzene rings is 1. The van der Waals surface area contributed by atoms with Crippen LogP contribution in [0.15, 0.2) is 53.7 Å². The SMILES string of the molecule is CCOc1ccc(/C=C2\SC(=S)N(CCC(=O)Nc3cccnc3)C2=O)cc1. The fourth-order valence-corrected chi connectivity index (χ4v) is 3.85. The first-order chi connectivity index (χ1) is 13.6. The molecule has 2 amide bonds. The number of aromatic nitrogens is 1. The molecule has 28 heavy (non-hydrogen) atoms. The van der Waals surface area contributed by atoms with Crippen molar-refractivity contribution in [2.75, 3.05) is 18.5 Å². The molecule has 1 N–H and O–H groups in total. The number of nitrogens with zero attached hydrogens (tertiary/aromatic N) is 2.